The van der Waals surface area contributed by atoms with E-state index in [1.54, 1.807) is 67.6 Å². The summed E-state index contributed by atoms with van der Waals surface area (Å²) in [5.41, 5.74) is 1.53. The van der Waals surface area contributed by atoms with Gasteiger partial charge in [0.2, 0.25) is 0 Å². The van der Waals surface area contributed by atoms with Crippen LogP contribution in [0.3, 0.4) is 0 Å². The van der Waals surface area contributed by atoms with Crippen LogP contribution in [0.2, 0.25) is 0 Å². The molecule has 0 aliphatic carbocycles. The Morgan fingerprint density at radius 3 is 1.74 bits per heavy atom. The van der Waals surface area contributed by atoms with Crippen LogP contribution < -0.4 is 0 Å². The molecular formula is C27H26O7. The molecule has 176 valence electrons. The molecule has 5 atom stereocenters. The standard InChI is InChI=1S/C27H26O7/c1-18-22(33-25(28)20-13-7-3-8-14-20)23(34-26(29)21-15-9-4-10-16-21)24(27(30)32-18)31-17-19-11-5-2-6-12-19/h2-16,18,22-24,27,30H,17H2,1H3/t18?,22-,23?,24?,27-/m1/s1. The molecule has 0 bridgehead atoms. The van der Waals surface area contributed by atoms with Gasteiger partial charge >= 0.3 is 11.9 Å². The highest BCUT2D eigenvalue weighted by Gasteiger charge is 2.49. The van der Waals surface area contributed by atoms with E-state index < -0.39 is 42.6 Å². The summed E-state index contributed by atoms with van der Waals surface area (Å²) in [6.45, 7) is 1.78. The molecule has 0 saturated carbocycles. The molecule has 0 radical (unpaired) electrons. The van der Waals surface area contributed by atoms with Gasteiger partial charge in [-0.25, -0.2) is 9.59 Å². The molecule has 0 spiro atoms. The highest BCUT2D eigenvalue weighted by atomic mass is 16.7. The smallest absolute Gasteiger partial charge is 0.338 e. The molecule has 7 nitrogen and oxygen atoms in total. The van der Waals surface area contributed by atoms with Crippen LogP contribution in [0.25, 0.3) is 0 Å². The summed E-state index contributed by atoms with van der Waals surface area (Å²) < 4.78 is 23.1. The molecule has 1 aliphatic heterocycles. The molecule has 1 heterocycles. The molecule has 1 N–H and O–H groups in total. The Labute approximate surface area is 197 Å². The number of aliphatic hydroxyl groups is 1. The minimum atomic E-state index is -1.39. The van der Waals surface area contributed by atoms with Crippen LogP contribution in [0, 0.1) is 0 Å². The molecule has 0 amide bonds. The van der Waals surface area contributed by atoms with Gasteiger partial charge in [0.05, 0.1) is 23.8 Å². The molecule has 3 aromatic carbocycles. The predicted molar refractivity (Wildman–Crippen MR) is 123 cm³/mol. The van der Waals surface area contributed by atoms with E-state index in [2.05, 4.69) is 0 Å². The van der Waals surface area contributed by atoms with Crippen molar-refractivity contribution < 1.29 is 33.6 Å². The third-order valence-electron chi connectivity index (χ3n) is 5.54. The monoisotopic (exact) mass is 462 g/mol. The molecule has 34 heavy (non-hydrogen) atoms. The van der Waals surface area contributed by atoms with Crippen molar-refractivity contribution >= 4 is 11.9 Å². The quantitative estimate of drug-likeness (QED) is 0.535. The maximum atomic E-state index is 12.9. The summed E-state index contributed by atoms with van der Waals surface area (Å²) in [4.78, 5) is 25.7. The van der Waals surface area contributed by atoms with Gasteiger partial charge in [-0.2, -0.15) is 0 Å². The third kappa shape index (κ3) is 5.69. The lowest BCUT2D eigenvalue weighted by Crippen LogP contribution is -2.60. The number of carbonyl (C=O) groups is 2. The minimum absolute atomic E-state index is 0.138. The number of hydrogen-bond donors (Lipinski definition) is 1. The van der Waals surface area contributed by atoms with Gasteiger partial charge in [0.15, 0.2) is 18.5 Å². The van der Waals surface area contributed by atoms with Crippen molar-refractivity contribution in [3.63, 3.8) is 0 Å². The number of ether oxygens (including phenoxy) is 4. The van der Waals surface area contributed by atoms with Crippen molar-refractivity contribution in [2.75, 3.05) is 0 Å². The summed E-state index contributed by atoms with van der Waals surface area (Å²) in [7, 11) is 0. The first-order valence-electron chi connectivity index (χ1n) is 11.0. The Bertz CT molecular complexity index is 1070. The SMILES string of the molecule is CC1O[C@@H](O)C(OCc2ccccc2)C(OC(=O)c2ccccc2)[C@@H]1OC(=O)c1ccccc1. The number of carbonyl (C=O) groups excluding carboxylic acids is 2. The Kier molecular flexibility index (Phi) is 7.69. The van der Waals surface area contributed by atoms with E-state index in [0.717, 1.165) is 5.56 Å². The van der Waals surface area contributed by atoms with Gasteiger partial charge < -0.3 is 24.1 Å². The van der Waals surface area contributed by atoms with Gasteiger partial charge in [0.25, 0.3) is 0 Å². The van der Waals surface area contributed by atoms with E-state index in [-0.39, 0.29) is 6.61 Å². The second-order valence-electron chi connectivity index (χ2n) is 7.96. The fourth-order valence-electron chi connectivity index (χ4n) is 3.76. The second-order valence-corrected chi connectivity index (χ2v) is 7.96. The highest BCUT2D eigenvalue weighted by Crippen LogP contribution is 2.29. The van der Waals surface area contributed by atoms with E-state index in [1.165, 1.54) is 0 Å². The lowest BCUT2D eigenvalue weighted by atomic mass is 9.98. The van der Waals surface area contributed by atoms with E-state index in [0.29, 0.717) is 11.1 Å². The Balaban J connectivity index is 1.59. The average Bonchev–Trinajstić information content (AvgIpc) is 2.87. The third-order valence-corrected chi connectivity index (χ3v) is 5.54. The molecule has 1 aliphatic rings. The Morgan fingerprint density at radius 1 is 0.735 bits per heavy atom. The van der Waals surface area contributed by atoms with E-state index >= 15 is 0 Å². The van der Waals surface area contributed by atoms with Crippen LogP contribution >= 0.6 is 0 Å². The average molecular weight is 462 g/mol. The summed E-state index contributed by atoms with van der Waals surface area (Å²) in [5.74, 6) is -1.22. The number of hydrogen-bond acceptors (Lipinski definition) is 7. The lowest BCUT2D eigenvalue weighted by molar-refractivity contribution is -0.289. The summed E-state index contributed by atoms with van der Waals surface area (Å²) in [6, 6.07) is 26.3. The van der Waals surface area contributed by atoms with Gasteiger partial charge in [-0.15, -0.1) is 0 Å². The molecular weight excluding hydrogens is 436 g/mol. The molecule has 1 saturated heterocycles. The van der Waals surface area contributed by atoms with E-state index in [1.807, 2.05) is 30.3 Å². The van der Waals surface area contributed by atoms with Crippen molar-refractivity contribution in [3.05, 3.63) is 108 Å². The van der Waals surface area contributed by atoms with Crippen LogP contribution in [0.1, 0.15) is 33.2 Å². The fraction of sp³-hybridized carbons (Fsp3) is 0.259. The molecule has 0 aromatic heterocycles. The van der Waals surface area contributed by atoms with Crippen LogP contribution in [-0.2, 0) is 25.6 Å². The van der Waals surface area contributed by atoms with Gasteiger partial charge in [-0.05, 0) is 36.8 Å². The molecule has 3 aromatic rings. The van der Waals surface area contributed by atoms with Gasteiger partial charge in [-0.3, -0.25) is 0 Å². The zero-order valence-corrected chi connectivity index (χ0v) is 18.7. The molecule has 3 unspecified atom stereocenters. The second kappa shape index (κ2) is 11.1. The van der Waals surface area contributed by atoms with Crippen LogP contribution in [0.4, 0.5) is 0 Å². The first-order valence-corrected chi connectivity index (χ1v) is 11.0. The summed E-state index contributed by atoms with van der Waals surface area (Å²) >= 11 is 0. The van der Waals surface area contributed by atoms with Crippen molar-refractivity contribution in [3.8, 4) is 0 Å². The Hall–Kier alpha value is -3.52. The predicted octanol–water partition coefficient (Wildman–Crippen LogP) is 3.76. The first-order chi connectivity index (χ1) is 16.5. The molecule has 7 heteroatoms. The summed E-state index contributed by atoms with van der Waals surface area (Å²) in [5, 5.41) is 10.7. The largest absolute Gasteiger partial charge is 0.452 e. The first kappa shape index (κ1) is 23.6. The number of esters is 2. The normalized spacial score (nSPS) is 24.2. The zero-order valence-electron chi connectivity index (χ0n) is 18.7. The maximum absolute atomic E-state index is 12.9. The van der Waals surface area contributed by atoms with Gasteiger partial charge in [-0.1, -0.05) is 66.7 Å². The van der Waals surface area contributed by atoms with Crippen LogP contribution in [-0.4, -0.2) is 47.8 Å². The lowest BCUT2D eigenvalue weighted by Gasteiger charge is -2.42. The topological polar surface area (TPSA) is 91.3 Å². The van der Waals surface area contributed by atoms with Gasteiger partial charge in [0.1, 0.15) is 6.10 Å². The van der Waals surface area contributed by atoms with Crippen LogP contribution in [0.15, 0.2) is 91.0 Å². The van der Waals surface area contributed by atoms with Crippen molar-refractivity contribution in [1.82, 2.24) is 0 Å². The molecule has 4 rings (SSSR count). The summed E-state index contributed by atoms with van der Waals surface area (Å²) in [6.07, 6.45) is -5.35. The molecule has 1 fully saturated rings. The van der Waals surface area contributed by atoms with Crippen molar-refractivity contribution in [2.45, 2.75) is 44.2 Å². The van der Waals surface area contributed by atoms with E-state index in [4.69, 9.17) is 18.9 Å². The Morgan fingerprint density at radius 2 is 1.21 bits per heavy atom. The van der Waals surface area contributed by atoms with Crippen molar-refractivity contribution in [2.24, 2.45) is 0 Å². The maximum Gasteiger partial charge on any atom is 0.338 e. The van der Waals surface area contributed by atoms with E-state index in [9.17, 15) is 14.7 Å². The number of aliphatic hydroxyl groups excluding tert-OH is 1. The highest BCUT2D eigenvalue weighted by molar-refractivity contribution is 5.90. The number of rotatable bonds is 7. The van der Waals surface area contributed by atoms with Gasteiger partial charge in [0, 0.05) is 0 Å². The van der Waals surface area contributed by atoms with Crippen molar-refractivity contribution in [1.29, 1.82) is 0 Å². The zero-order chi connectivity index (χ0) is 23.9. The van der Waals surface area contributed by atoms with Crippen LogP contribution in [0.5, 0.6) is 0 Å². The number of benzene rings is 3. The minimum Gasteiger partial charge on any atom is -0.452 e. The fourth-order valence-corrected chi connectivity index (χ4v) is 3.76.